The van der Waals surface area contributed by atoms with Gasteiger partial charge in [0.15, 0.2) is 0 Å². The number of unbranched alkanes of at least 4 members (excludes halogenated alkanes) is 55. The fraction of sp³-hybridized carbons (Fsp3) is 0.867. The minimum absolute atomic E-state index is 0.861. The van der Waals surface area contributed by atoms with Crippen molar-refractivity contribution >= 4 is 0 Å². The Morgan fingerprint density at radius 3 is 0.781 bits per heavy atom. The predicted molar refractivity (Wildman–Crippen MR) is 486 cm³/mol. The molecule has 0 aromatic carbocycles. The summed E-state index contributed by atoms with van der Waals surface area (Å²) in [7, 11) is 0. The van der Waals surface area contributed by atoms with E-state index in [1.807, 2.05) is 16.7 Å². The maximum Gasteiger partial charge on any atom is -0.0318 e. The lowest BCUT2D eigenvalue weighted by atomic mass is 9.84. The zero-order valence-corrected chi connectivity index (χ0v) is 73.8. The molecule has 4 unspecified atom stereocenters. The predicted octanol–water partition coefficient (Wildman–Crippen LogP) is 39.1. The quantitative estimate of drug-likeness (QED) is 0.0421. The lowest BCUT2D eigenvalue weighted by Gasteiger charge is -2.22. The van der Waals surface area contributed by atoms with Crippen LogP contribution in [0.3, 0.4) is 0 Å². The van der Waals surface area contributed by atoms with Gasteiger partial charge in [-0.3, -0.25) is 0 Å². The van der Waals surface area contributed by atoms with E-state index >= 15 is 0 Å². The van der Waals surface area contributed by atoms with E-state index in [0.29, 0.717) is 0 Å². The molecule has 0 N–H and O–H groups in total. The molecule has 0 amide bonds. The maximum absolute atomic E-state index is 3.89. The van der Waals surface area contributed by atoms with Crippen molar-refractivity contribution < 1.29 is 0 Å². The van der Waals surface area contributed by atoms with Gasteiger partial charge in [-0.15, -0.1) is 19.7 Å². The fourth-order valence-electron chi connectivity index (χ4n) is 17.3. The Balaban J connectivity index is 4.78. The highest BCUT2D eigenvalue weighted by molar-refractivity contribution is 5.15. The number of allylic oxidation sites excluding steroid dienone is 11. The molecule has 4 atom stereocenters. The summed E-state index contributed by atoms with van der Waals surface area (Å²) in [5.74, 6) is 3.58. The van der Waals surface area contributed by atoms with Crippen molar-refractivity contribution in [3.05, 3.63) is 85.1 Å². The average molecular weight is 1460 g/mol. The van der Waals surface area contributed by atoms with Crippen LogP contribution < -0.4 is 0 Å². The van der Waals surface area contributed by atoms with Gasteiger partial charge < -0.3 is 0 Å². The third-order valence-electron chi connectivity index (χ3n) is 24.6. The second kappa shape index (κ2) is 89.4. The number of hydrogen-bond acceptors (Lipinski definition) is 0. The lowest BCUT2D eigenvalue weighted by molar-refractivity contribution is 0.309. The first-order valence-electron chi connectivity index (χ1n) is 49.3. The average Bonchev–Trinajstić information content (AvgIpc) is 1.07. The molecule has 0 aliphatic rings. The molecule has 0 aliphatic carbocycles. The Hall–Kier alpha value is -1.82. The summed E-state index contributed by atoms with van der Waals surface area (Å²) >= 11 is 0. The Morgan fingerprint density at radius 1 is 0.210 bits per heavy atom. The molecule has 0 saturated carbocycles. The molecule has 618 valence electrons. The molecule has 0 fully saturated rings. The second-order valence-corrected chi connectivity index (χ2v) is 35.4. The molecule has 0 saturated heterocycles. The molecule has 105 heavy (non-hydrogen) atoms. The van der Waals surface area contributed by atoms with Crippen LogP contribution in [0.25, 0.3) is 0 Å². The molecule has 0 heterocycles. The first kappa shape index (κ1) is 103. The van der Waals surface area contributed by atoms with Crippen molar-refractivity contribution in [2.45, 2.75) is 562 Å². The van der Waals surface area contributed by atoms with E-state index in [9.17, 15) is 0 Å². The molecule has 0 aliphatic heterocycles. The zero-order chi connectivity index (χ0) is 76.0. The molecule has 0 radical (unpaired) electrons. The zero-order valence-electron chi connectivity index (χ0n) is 73.8. The largest absolute Gasteiger partial charge is 0.103 e. The van der Waals surface area contributed by atoms with Gasteiger partial charge in [0.2, 0.25) is 0 Å². The summed E-state index contributed by atoms with van der Waals surface area (Å²) in [6.07, 6.45) is 133. The third-order valence-corrected chi connectivity index (χ3v) is 24.6. The summed E-state index contributed by atoms with van der Waals surface area (Å²) in [6, 6.07) is 0. The van der Waals surface area contributed by atoms with Crippen molar-refractivity contribution in [2.75, 3.05) is 0 Å². The fourth-order valence-corrected chi connectivity index (χ4v) is 17.3. The summed E-state index contributed by atoms with van der Waals surface area (Å²) in [5, 5.41) is 0. The van der Waals surface area contributed by atoms with Gasteiger partial charge in [0.25, 0.3) is 0 Å². The van der Waals surface area contributed by atoms with Crippen molar-refractivity contribution in [3.63, 3.8) is 0 Å². The van der Waals surface area contributed by atoms with Crippen LogP contribution >= 0.6 is 0 Å². The van der Waals surface area contributed by atoms with Crippen LogP contribution in [0.2, 0.25) is 0 Å². The van der Waals surface area contributed by atoms with Crippen LogP contribution in [0.15, 0.2) is 85.1 Å². The van der Waals surface area contributed by atoms with E-state index in [0.717, 1.165) is 23.7 Å². The van der Waals surface area contributed by atoms with Crippen LogP contribution in [0.4, 0.5) is 0 Å². The van der Waals surface area contributed by atoms with Crippen molar-refractivity contribution in [1.29, 1.82) is 0 Å². The van der Waals surface area contributed by atoms with E-state index in [4.69, 9.17) is 0 Å². The van der Waals surface area contributed by atoms with Gasteiger partial charge in [0, 0.05) is 0 Å². The highest BCUT2D eigenvalue weighted by Crippen LogP contribution is 2.32. The van der Waals surface area contributed by atoms with Gasteiger partial charge in [-0.05, 0) is 203 Å². The Bertz CT molecular complexity index is 1780. The molecule has 0 aromatic heterocycles. The number of hydrogen-bond donors (Lipinski definition) is 0. The molecule has 0 aromatic rings. The second-order valence-electron chi connectivity index (χ2n) is 35.4. The summed E-state index contributed by atoms with van der Waals surface area (Å²) < 4.78 is 0. The Kier molecular flexibility index (Phi) is 87.8. The van der Waals surface area contributed by atoms with Crippen LogP contribution in [0, 0.1) is 23.7 Å². The number of rotatable bonds is 91. The smallest absolute Gasteiger partial charge is 0.0318 e. The molecule has 0 bridgehead atoms. The molecular formula is C105H198. The van der Waals surface area contributed by atoms with Crippen LogP contribution in [-0.4, -0.2) is 0 Å². The maximum atomic E-state index is 3.89. The van der Waals surface area contributed by atoms with Gasteiger partial charge in [-0.2, -0.15) is 0 Å². The van der Waals surface area contributed by atoms with Crippen molar-refractivity contribution in [2.24, 2.45) is 23.7 Å². The molecule has 0 rings (SSSR count). The van der Waals surface area contributed by atoms with Gasteiger partial charge in [-0.1, -0.05) is 447 Å². The summed E-state index contributed by atoms with van der Waals surface area (Å²) in [5.41, 5.74) is 5.63. The molecule has 0 spiro atoms. The topological polar surface area (TPSA) is 0 Å². The molecule has 0 heteroatoms. The molecular weight excluding hydrogens is 1260 g/mol. The minimum atomic E-state index is 0.861. The van der Waals surface area contributed by atoms with Gasteiger partial charge in [-0.25, -0.2) is 0 Å². The van der Waals surface area contributed by atoms with E-state index in [2.05, 4.69) is 110 Å². The lowest BCUT2D eigenvalue weighted by Crippen LogP contribution is -2.08. The third kappa shape index (κ3) is 81.5. The highest BCUT2D eigenvalue weighted by Gasteiger charge is 2.15. The highest BCUT2D eigenvalue weighted by atomic mass is 14.2. The SMILES string of the molecule is C=CCCCCCCCCCCCCCCCCC(=CCCC(C)CCCC(C)CCCC(C)CC(CCCCC)CCCCC=CCCCCCCCC(CCC)=C(CCCCCCCCCCCCC=C)CCCCCCCCCCCCC=C)CCCCCCCCC=CCCCCCCCC. The van der Waals surface area contributed by atoms with E-state index in [1.54, 1.807) is 0 Å². The first-order chi connectivity index (χ1) is 51.8. The summed E-state index contributed by atoms with van der Waals surface area (Å²) in [4.78, 5) is 0. The van der Waals surface area contributed by atoms with Crippen molar-refractivity contribution in [1.82, 2.24) is 0 Å². The Labute approximate surface area is 666 Å². The van der Waals surface area contributed by atoms with Crippen LogP contribution in [0.1, 0.15) is 562 Å². The summed E-state index contributed by atoms with van der Waals surface area (Å²) in [6.45, 7) is 26.5. The van der Waals surface area contributed by atoms with E-state index < -0.39 is 0 Å². The Morgan fingerprint density at radius 2 is 0.457 bits per heavy atom. The minimum Gasteiger partial charge on any atom is -0.103 e. The van der Waals surface area contributed by atoms with Crippen molar-refractivity contribution in [3.8, 4) is 0 Å². The normalized spacial score (nSPS) is 13.2. The van der Waals surface area contributed by atoms with Crippen LogP contribution in [0.5, 0.6) is 0 Å². The van der Waals surface area contributed by atoms with Gasteiger partial charge in [0.05, 0.1) is 0 Å². The van der Waals surface area contributed by atoms with Gasteiger partial charge in [0.1, 0.15) is 0 Å². The molecule has 0 nitrogen and oxygen atoms in total. The monoisotopic (exact) mass is 1460 g/mol. The first-order valence-corrected chi connectivity index (χ1v) is 49.3. The standard InChI is InChI=1S/C105H198/c1-10-16-21-25-29-33-37-41-43-45-47-50-56-62-68-75-90-102(91-76-69-63-57-51-48-46-44-42-38-34-30-26-22-17-11-2)94-83-88-100(8)86-81-85-99(7)87-82-89-101(9)98-103(92-74-20-14-5)93-77-70-64-58-52-49-55-59-65-71-78-95-104(84-15-6)105(96-79-72-66-60-53-39-35-31-27-23-18-12-3)97-80-73-67-61-54-40-36-32-28-24-19-13-4/h10,12-13,42,44,52,58,94,99-101,103H,1,3-4,11,14-41,43,45-51,53-57,59-93,95-98H2,2,5-9H3. The van der Waals surface area contributed by atoms with E-state index in [-0.39, 0.29) is 0 Å². The van der Waals surface area contributed by atoms with Gasteiger partial charge >= 0.3 is 0 Å². The van der Waals surface area contributed by atoms with E-state index in [1.165, 1.54) is 520 Å². The van der Waals surface area contributed by atoms with Crippen LogP contribution in [-0.2, 0) is 0 Å².